The highest BCUT2D eigenvalue weighted by atomic mass is 16.5. The Morgan fingerprint density at radius 1 is 0.533 bits per heavy atom. The Morgan fingerprint density at radius 2 is 0.960 bits per heavy atom. The zero-order chi connectivity index (χ0) is 54.3. The van der Waals surface area contributed by atoms with Gasteiger partial charge in [0.15, 0.2) is 23.0 Å². The largest absolute Gasteiger partial charge is 0.497 e. The molecule has 19 nitrogen and oxygen atoms in total. The lowest BCUT2D eigenvalue weighted by Gasteiger charge is -2.32. The second-order valence-electron chi connectivity index (χ2n) is 18.8. The number of carbonyl (C=O) groups excluding carboxylic acids is 3. The first-order chi connectivity index (χ1) is 36.1. The second kappa shape index (κ2) is 27.0. The van der Waals surface area contributed by atoms with Crippen LogP contribution in [-0.2, 0) is 32.0 Å². The highest BCUT2D eigenvalue weighted by Crippen LogP contribution is 2.52. The van der Waals surface area contributed by atoms with Gasteiger partial charge in [0.1, 0.15) is 11.5 Å². The predicted octanol–water partition coefficient (Wildman–Crippen LogP) is 6.00. The van der Waals surface area contributed by atoms with Gasteiger partial charge in [-0.15, -0.1) is 0 Å². The molecule has 4 aromatic carbocycles. The Morgan fingerprint density at radius 3 is 1.39 bits per heavy atom. The molecule has 2 aliphatic heterocycles. The number of amides is 3. The predicted molar refractivity (Wildman–Crippen MR) is 285 cm³/mol. The maximum atomic E-state index is 13.0. The van der Waals surface area contributed by atoms with E-state index in [2.05, 4.69) is 22.2 Å². The van der Waals surface area contributed by atoms with Gasteiger partial charge in [0.25, 0.3) is 0 Å². The molecule has 2 saturated heterocycles. The van der Waals surface area contributed by atoms with E-state index in [-0.39, 0.29) is 55.5 Å². The van der Waals surface area contributed by atoms with E-state index in [1.165, 1.54) is 0 Å². The molecule has 2 fully saturated rings. The molecule has 0 radical (unpaired) electrons. The molecule has 2 heterocycles. The highest BCUT2D eigenvalue weighted by molar-refractivity contribution is 5.87. The number of carboxylic acids is 1. The van der Waals surface area contributed by atoms with Crippen LogP contribution in [-0.4, -0.2) is 172 Å². The van der Waals surface area contributed by atoms with Gasteiger partial charge in [0, 0.05) is 88.8 Å². The van der Waals surface area contributed by atoms with E-state index >= 15 is 0 Å². The summed E-state index contributed by atoms with van der Waals surface area (Å²) in [5.74, 6) is 4.08. The van der Waals surface area contributed by atoms with Crippen molar-refractivity contribution in [3.8, 4) is 68.2 Å². The summed E-state index contributed by atoms with van der Waals surface area (Å²) >= 11 is 0. The number of likely N-dealkylation sites (N-methyl/N-ethyl adjacent to an activating group) is 2. The van der Waals surface area contributed by atoms with E-state index < -0.39 is 5.97 Å². The fourth-order valence-corrected chi connectivity index (χ4v) is 9.99. The molecule has 3 amide bonds. The molecule has 0 aromatic heterocycles. The van der Waals surface area contributed by atoms with E-state index in [4.69, 9.17) is 48.7 Å². The molecular weight excluding hydrogens is 965 g/mol. The molecule has 19 heteroatoms. The first-order valence-corrected chi connectivity index (χ1v) is 25.3. The number of hydrogen-bond acceptors (Lipinski definition) is 15. The van der Waals surface area contributed by atoms with Crippen molar-refractivity contribution in [1.82, 2.24) is 24.9 Å². The van der Waals surface area contributed by atoms with Crippen molar-refractivity contribution in [2.75, 3.05) is 123 Å². The topological polar surface area (TPSA) is 213 Å². The first kappa shape index (κ1) is 57.3. The quantitative estimate of drug-likeness (QED) is 0.125. The van der Waals surface area contributed by atoms with Gasteiger partial charge in [-0.3, -0.25) is 19.2 Å². The van der Waals surface area contributed by atoms with Crippen LogP contribution in [0.1, 0.15) is 72.9 Å². The number of methoxy groups -OCH3 is 8. The standard InChI is InChI=1S/C28H37N3O6.C19H23NO4.C9H16N2O3/c1-30-12-14-31(15-13-30)25(33)11-10-24(32)29-22-9-6-18-16-23(35-3)27(36-4)28(37-5)26(18)20-8-7-19(34-2)17-21(20)22;1-21-12-6-7-13-14(10-12)15(20)8-5-11-9-16(22-2)18(23-3)19(24-4)17(11)13;1-10-4-6-11(7-5-10)8(12)2-3-9(13)14/h7-8,16-17,22H,6,9-15H2,1-5H3,(H,29,32);6-7,9-10,15H,5,8,20H2,1-4H3;2-7H2,1H3,(H,13,14)/t22-;15-;/m00./s1. The molecule has 2 atom stereocenters. The number of piperazine rings is 2. The molecule has 4 aromatic rings. The van der Waals surface area contributed by atoms with Crippen LogP contribution in [0.15, 0.2) is 48.5 Å². The lowest BCUT2D eigenvalue weighted by molar-refractivity contribution is -0.141. The zero-order valence-electron chi connectivity index (χ0n) is 45.3. The van der Waals surface area contributed by atoms with Crippen LogP contribution in [0.3, 0.4) is 0 Å². The van der Waals surface area contributed by atoms with Crippen molar-refractivity contribution in [3.05, 3.63) is 70.8 Å². The number of aliphatic carboxylic acids is 1. The maximum Gasteiger partial charge on any atom is 0.303 e. The van der Waals surface area contributed by atoms with Crippen LogP contribution in [0.4, 0.5) is 0 Å². The molecule has 408 valence electrons. The third-order valence-electron chi connectivity index (χ3n) is 14.2. The van der Waals surface area contributed by atoms with Crippen LogP contribution in [0.2, 0.25) is 0 Å². The number of carbonyl (C=O) groups is 4. The van der Waals surface area contributed by atoms with E-state index in [1.54, 1.807) is 61.8 Å². The van der Waals surface area contributed by atoms with Crippen molar-refractivity contribution >= 4 is 23.7 Å². The molecular formula is C56H76N6O13. The molecule has 2 aliphatic carbocycles. The maximum absolute atomic E-state index is 13.0. The zero-order valence-corrected chi connectivity index (χ0v) is 45.3. The van der Waals surface area contributed by atoms with E-state index in [1.807, 2.05) is 60.5 Å². The Bertz CT molecular complexity index is 2630. The van der Waals surface area contributed by atoms with Gasteiger partial charge >= 0.3 is 5.97 Å². The molecule has 75 heavy (non-hydrogen) atoms. The summed E-state index contributed by atoms with van der Waals surface area (Å²) < 4.78 is 44.7. The molecule has 0 saturated carbocycles. The number of aryl methyl sites for hydroxylation is 2. The second-order valence-corrected chi connectivity index (χ2v) is 18.8. The SMILES string of the molecule is CN1CCN(C(=O)CCC(=O)O)CC1.COc1ccc2c(c1)[C@@H](N)CCc1cc(OC)c(OC)c(OC)c1-2.COc1ccc2c(c1)[C@@H](NC(=O)CCC(=O)N1CCN(C)CC1)CCc1cc(OC)c(OC)c(OC)c1-2. The third-order valence-corrected chi connectivity index (χ3v) is 14.2. The van der Waals surface area contributed by atoms with Gasteiger partial charge in [-0.25, -0.2) is 0 Å². The number of nitrogens with one attached hydrogen (secondary N) is 1. The summed E-state index contributed by atoms with van der Waals surface area (Å²) in [4.78, 5) is 55.3. The Labute approximate surface area is 441 Å². The minimum absolute atomic E-state index is 0.0301. The molecule has 4 aliphatic rings. The summed E-state index contributed by atoms with van der Waals surface area (Å²) in [6.45, 7) is 6.32. The Kier molecular flexibility index (Phi) is 20.6. The summed E-state index contributed by atoms with van der Waals surface area (Å²) in [5.41, 5.74) is 14.5. The van der Waals surface area contributed by atoms with Gasteiger partial charge < -0.3 is 73.7 Å². The Balaban J connectivity index is 0.000000205. The summed E-state index contributed by atoms with van der Waals surface area (Å²) in [6.07, 6.45) is 3.45. The van der Waals surface area contributed by atoms with Crippen LogP contribution >= 0.6 is 0 Å². The highest BCUT2D eigenvalue weighted by Gasteiger charge is 2.32. The number of carboxylic acid groups (broad SMARTS) is 1. The number of nitrogens with two attached hydrogens (primary N) is 1. The van der Waals surface area contributed by atoms with Crippen LogP contribution in [0.5, 0.6) is 46.0 Å². The van der Waals surface area contributed by atoms with Crippen LogP contribution < -0.4 is 48.9 Å². The van der Waals surface area contributed by atoms with Crippen LogP contribution in [0.25, 0.3) is 22.3 Å². The van der Waals surface area contributed by atoms with Gasteiger partial charge in [0.05, 0.1) is 69.3 Å². The summed E-state index contributed by atoms with van der Waals surface area (Å²) in [5, 5.41) is 11.6. The normalized spacial score (nSPS) is 16.9. The third kappa shape index (κ3) is 13.9. The first-order valence-electron chi connectivity index (χ1n) is 25.3. The van der Waals surface area contributed by atoms with Gasteiger partial charge in [-0.1, -0.05) is 12.1 Å². The lowest BCUT2D eigenvalue weighted by Crippen LogP contribution is -2.47. The number of fused-ring (bicyclic) bond motifs is 6. The molecule has 0 bridgehead atoms. The number of ether oxygens (including phenoxy) is 8. The number of hydrogen-bond donors (Lipinski definition) is 3. The van der Waals surface area contributed by atoms with Gasteiger partial charge in [-0.2, -0.15) is 0 Å². The monoisotopic (exact) mass is 1040 g/mol. The summed E-state index contributed by atoms with van der Waals surface area (Å²) in [6, 6.07) is 15.5. The van der Waals surface area contributed by atoms with E-state index in [0.717, 1.165) is 102 Å². The minimum atomic E-state index is -0.910. The number of benzene rings is 4. The smallest absolute Gasteiger partial charge is 0.303 e. The van der Waals surface area contributed by atoms with Crippen LogP contribution in [0, 0.1) is 0 Å². The van der Waals surface area contributed by atoms with Crippen molar-refractivity contribution in [2.45, 2.75) is 63.5 Å². The van der Waals surface area contributed by atoms with Crippen molar-refractivity contribution < 1.29 is 62.2 Å². The van der Waals surface area contributed by atoms with E-state index in [9.17, 15) is 19.2 Å². The fourth-order valence-electron chi connectivity index (χ4n) is 9.99. The number of rotatable bonds is 15. The summed E-state index contributed by atoms with van der Waals surface area (Å²) in [7, 11) is 17.0. The van der Waals surface area contributed by atoms with Crippen molar-refractivity contribution in [1.29, 1.82) is 0 Å². The average Bonchev–Trinajstić information content (AvgIpc) is 3.67. The Hall–Kier alpha value is -6.96. The number of nitrogens with zero attached hydrogens (tertiary/aromatic N) is 4. The molecule has 0 unspecified atom stereocenters. The molecule has 8 rings (SSSR count). The average molecular weight is 1040 g/mol. The van der Waals surface area contributed by atoms with E-state index in [0.29, 0.717) is 66.2 Å². The fraction of sp³-hybridized carbons (Fsp3) is 0.500. The molecule has 4 N–H and O–H groups in total. The van der Waals surface area contributed by atoms with Crippen molar-refractivity contribution in [3.63, 3.8) is 0 Å². The van der Waals surface area contributed by atoms with Gasteiger partial charge in [0.2, 0.25) is 29.2 Å². The van der Waals surface area contributed by atoms with Crippen molar-refractivity contribution in [2.24, 2.45) is 5.73 Å². The lowest BCUT2D eigenvalue weighted by atomic mass is 9.93. The molecule has 0 spiro atoms. The van der Waals surface area contributed by atoms with Gasteiger partial charge in [-0.05, 0) is 110 Å². The minimum Gasteiger partial charge on any atom is -0.497 e.